The third-order valence-electron chi connectivity index (χ3n) is 5.98. The molecule has 0 bridgehead atoms. The van der Waals surface area contributed by atoms with Crippen LogP contribution in [-0.2, 0) is 11.2 Å². The zero-order valence-electron chi connectivity index (χ0n) is 13.6. The Labute approximate surface area is 137 Å². The maximum atomic E-state index is 10.0. The van der Waals surface area contributed by atoms with E-state index in [2.05, 4.69) is 5.32 Å². The van der Waals surface area contributed by atoms with E-state index >= 15 is 0 Å². The van der Waals surface area contributed by atoms with Gasteiger partial charge in [-0.05, 0) is 36.3 Å². The number of phenolic OH excluding ortho intramolecular Hbond substituents is 2. The zero-order chi connectivity index (χ0) is 15.8. The Kier molecular flexibility index (Phi) is 4.20. The van der Waals surface area contributed by atoms with E-state index in [-0.39, 0.29) is 17.6 Å². The topological polar surface area (TPSA) is 61.7 Å². The summed E-state index contributed by atoms with van der Waals surface area (Å²) in [4.78, 5) is 0. The molecule has 0 aromatic heterocycles. The molecule has 2 saturated carbocycles. The molecule has 0 radical (unpaired) electrons. The zero-order valence-corrected chi connectivity index (χ0v) is 13.6. The van der Waals surface area contributed by atoms with Gasteiger partial charge in [0.2, 0.25) is 0 Å². The number of nitrogens with one attached hydrogen (secondary N) is 1. The summed E-state index contributed by atoms with van der Waals surface area (Å²) < 4.78 is 5.90. The molecule has 3 N–H and O–H groups in total. The Morgan fingerprint density at radius 3 is 2.78 bits per heavy atom. The van der Waals surface area contributed by atoms with Crippen LogP contribution in [0.3, 0.4) is 0 Å². The number of ether oxygens (including phenoxy) is 1. The van der Waals surface area contributed by atoms with Crippen LogP contribution in [-0.4, -0.2) is 29.4 Å². The first kappa shape index (κ1) is 15.3. The Morgan fingerprint density at radius 1 is 1.13 bits per heavy atom. The van der Waals surface area contributed by atoms with Crippen molar-refractivity contribution in [2.75, 3.05) is 13.2 Å². The first-order valence-corrected chi connectivity index (χ1v) is 9.12. The van der Waals surface area contributed by atoms with Crippen molar-refractivity contribution in [1.82, 2.24) is 5.32 Å². The maximum Gasteiger partial charge on any atom is 0.161 e. The van der Waals surface area contributed by atoms with Crippen molar-refractivity contribution < 1.29 is 14.9 Å². The second-order valence-corrected chi connectivity index (χ2v) is 7.42. The van der Waals surface area contributed by atoms with Crippen molar-refractivity contribution in [1.29, 1.82) is 0 Å². The normalized spacial score (nSPS) is 30.9. The summed E-state index contributed by atoms with van der Waals surface area (Å²) in [7, 11) is 0. The molecular formula is C19H27NO3. The van der Waals surface area contributed by atoms with E-state index < -0.39 is 0 Å². The average Bonchev–Trinajstić information content (AvgIpc) is 3.37. The lowest BCUT2D eigenvalue weighted by Crippen LogP contribution is -2.30. The first-order valence-electron chi connectivity index (χ1n) is 9.12. The second-order valence-electron chi connectivity index (χ2n) is 7.42. The van der Waals surface area contributed by atoms with Gasteiger partial charge in [0, 0.05) is 18.2 Å². The Hall–Kier alpha value is -1.26. The van der Waals surface area contributed by atoms with Gasteiger partial charge in [0.05, 0.1) is 12.7 Å². The molecule has 2 aliphatic carbocycles. The molecule has 1 aromatic rings. The number of benzene rings is 1. The summed E-state index contributed by atoms with van der Waals surface area (Å²) in [6.07, 6.45) is 9.04. The molecule has 3 aliphatic rings. The molecule has 4 nitrogen and oxygen atoms in total. The Bertz CT molecular complexity index is 568. The Balaban J connectivity index is 1.35. The first-order chi connectivity index (χ1) is 11.2. The third kappa shape index (κ3) is 3.07. The van der Waals surface area contributed by atoms with Crippen molar-refractivity contribution in [3.05, 3.63) is 23.3 Å². The van der Waals surface area contributed by atoms with E-state index in [9.17, 15) is 10.2 Å². The SMILES string of the molecule is Oc1ccc2c(c1O)CCOC2CNC1CC1C1CCCCC1. The average molecular weight is 317 g/mol. The van der Waals surface area contributed by atoms with Gasteiger partial charge >= 0.3 is 0 Å². The lowest BCUT2D eigenvalue weighted by atomic mass is 9.85. The quantitative estimate of drug-likeness (QED) is 0.746. The highest BCUT2D eigenvalue weighted by Gasteiger charge is 2.43. The standard InChI is InChI=1S/C19H27NO3/c21-17-7-6-13-14(19(17)22)8-9-23-18(13)11-20-16-10-15(16)12-4-2-1-3-5-12/h6-7,12,15-16,18,20-22H,1-5,8-11H2. The number of hydrogen-bond donors (Lipinski definition) is 3. The fourth-order valence-corrected chi connectivity index (χ4v) is 4.56. The number of fused-ring (bicyclic) bond motifs is 1. The smallest absolute Gasteiger partial charge is 0.161 e. The molecule has 3 unspecified atom stereocenters. The predicted molar refractivity (Wildman–Crippen MR) is 88.6 cm³/mol. The molecule has 1 aromatic carbocycles. The minimum absolute atomic E-state index is 0.0159. The minimum Gasteiger partial charge on any atom is -0.504 e. The summed E-state index contributed by atoms with van der Waals surface area (Å²) in [6.45, 7) is 1.40. The summed E-state index contributed by atoms with van der Waals surface area (Å²) >= 11 is 0. The van der Waals surface area contributed by atoms with Crippen molar-refractivity contribution in [3.8, 4) is 11.5 Å². The van der Waals surface area contributed by atoms with Gasteiger partial charge in [-0.25, -0.2) is 0 Å². The van der Waals surface area contributed by atoms with Crippen molar-refractivity contribution in [3.63, 3.8) is 0 Å². The number of phenols is 2. The number of aromatic hydroxyl groups is 2. The lowest BCUT2D eigenvalue weighted by Gasteiger charge is -2.27. The summed E-state index contributed by atoms with van der Waals surface area (Å²) in [6, 6.07) is 4.11. The molecular weight excluding hydrogens is 290 g/mol. The van der Waals surface area contributed by atoms with Crippen molar-refractivity contribution in [2.45, 2.75) is 57.1 Å². The van der Waals surface area contributed by atoms with Crippen LogP contribution in [0.5, 0.6) is 11.5 Å². The van der Waals surface area contributed by atoms with Gasteiger partial charge in [0.1, 0.15) is 0 Å². The molecule has 1 aliphatic heterocycles. The van der Waals surface area contributed by atoms with Crippen LogP contribution in [0, 0.1) is 11.8 Å². The fraction of sp³-hybridized carbons (Fsp3) is 0.684. The van der Waals surface area contributed by atoms with E-state index in [0.717, 1.165) is 29.5 Å². The van der Waals surface area contributed by atoms with Crippen LogP contribution in [0.4, 0.5) is 0 Å². The van der Waals surface area contributed by atoms with Crippen LogP contribution in [0.15, 0.2) is 12.1 Å². The Morgan fingerprint density at radius 2 is 1.96 bits per heavy atom. The van der Waals surface area contributed by atoms with Crippen LogP contribution < -0.4 is 5.32 Å². The van der Waals surface area contributed by atoms with Crippen LogP contribution in [0.1, 0.15) is 55.8 Å². The van der Waals surface area contributed by atoms with Gasteiger partial charge in [-0.2, -0.15) is 0 Å². The highest BCUT2D eigenvalue weighted by atomic mass is 16.5. The summed E-state index contributed by atoms with van der Waals surface area (Å²) in [5.41, 5.74) is 1.87. The number of rotatable bonds is 4. The molecule has 23 heavy (non-hydrogen) atoms. The van der Waals surface area contributed by atoms with Crippen LogP contribution >= 0.6 is 0 Å². The number of hydrogen-bond acceptors (Lipinski definition) is 4. The van der Waals surface area contributed by atoms with Gasteiger partial charge in [-0.3, -0.25) is 0 Å². The van der Waals surface area contributed by atoms with Gasteiger partial charge < -0.3 is 20.3 Å². The predicted octanol–water partition coefficient (Wildman–Crippen LogP) is 3.27. The highest BCUT2D eigenvalue weighted by Crippen LogP contribution is 2.45. The van der Waals surface area contributed by atoms with Gasteiger partial charge in [0.25, 0.3) is 0 Å². The van der Waals surface area contributed by atoms with Crippen molar-refractivity contribution in [2.24, 2.45) is 11.8 Å². The second kappa shape index (κ2) is 6.33. The monoisotopic (exact) mass is 317 g/mol. The molecule has 2 fully saturated rings. The van der Waals surface area contributed by atoms with Crippen LogP contribution in [0.25, 0.3) is 0 Å². The van der Waals surface area contributed by atoms with E-state index in [1.54, 1.807) is 6.07 Å². The molecule has 0 spiro atoms. The summed E-state index contributed by atoms with van der Waals surface area (Å²) in [5.74, 6) is 1.80. The fourth-order valence-electron chi connectivity index (χ4n) is 4.56. The molecule has 0 saturated heterocycles. The molecule has 126 valence electrons. The lowest BCUT2D eigenvalue weighted by molar-refractivity contribution is 0.0410. The molecule has 3 atom stereocenters. The van der Waals surface area contributed by atoms with E-state index in [0.29, 0.717) is 19.1 Å². The molecule has 4 rings (SSSR count). The van der Waals surface area contributed by atoms with Crippen LogP contribution in [0.2, 0.25) is 0 Å². The van der Waals surface area contributed by atoms with E-state index in [1.165, 1.54) is 38.5 Å². The maximum absolute atomic E-state index is 10.0. The largest absolute Gasteiger partial charge is 0.504 e. The third-order valence-corrected chi connectivity index (χ3v) is 5.98. The molecule has 1 heterocycles. The molecule has 0 amide bonds. The highest BCUT2D eigenvalue weighted by molar-refractivity contribution is 5.50. The van der Waals surface area contributed by atoms with Gasteiger partial charge in [-0.1, -0.05) is 38.2 Å². The van der Waals surface area contributed by atoms with Crippen molar-refractivity contribution >= 4 is 0 Å². The van der Waals surface area contributed by atoms with Gasteiger partial charge in [-0.15, -0.1) is 0 Å². The molecule has 4 heteroatoms. The van der Waals surface area contributed by atoms with E-state index in [4.69, 9.17) is 4.74 Å². The van der Waals surface area contributed by atoms with Gasteiger partial charge in [0.15, 0.2) is 11.5 Å². The minimum atomic E-state index is -0.0306. The summed E-state index contributed by atoms with van der Waals surface area (Å²) in [5, 5.41) is 23.4. The van der Waals surface area contributed by atoms with E-state index in [1.807, 2.05) is 6.07 Å².